The molecule has 2 heterocycles. The number of aromatic amines is 1. The maximum atomic E-state index is 5.58. The van der Waals surface area contributed by atoms with E-state index in [4.69, 9.17) is 9.73 Å². The molecule has 30 heavy (non-hydrogen) atoms. The third-order valence-corrected chi connectivity index (χ3v) is 4.84. The van der Waals surface area contributed by atoms with Crippen LogP contribution in [0.2, 0.25) is 0 Å². The number of rotatable bonds is 7. The van der Waals surface area contributed by atoms with Crippen molar-refractivity contribution in [3.8, 4) is 17.1 Å². The first-order chi connectivity index (χ1) is 14.3. The van der Waals surface area contributed by atoms with Crippen LogP contribution < -0.4 is 15.4 Å². The summed E-state index contributed by atoms with van der Waals surface area (Å²) in [5.41, 5.74) is 4.76. The van der Waals surface area contributed by atoms with Gasteiger partial charge in [-0.3, -0.25) is 5.10 Å². The van der Waals surface area contributed by atoms with Crippen LogP contribution in [0.3, 0.4) is 0 Å². The fourth-order valence-electron chi connectivity index (χ4n) is 3.39. The van der Waals surface area contributed by atoms with Crippen LogP contribution in [-0.2, 0) is 19.4 Å². The van der Waals surface area contributed by atoms with E-state index >= 15 is 0 Å². The maximum Gasteiger partial charge on any atom is 0.191 e. The van der Waals surface area contributed by atoms with Crippen molar-refractivity contribution in [2.45, 2.75) is 26.3 Å². The summed E-state index contributed by atoms with van der Waals surface area (Å²) in [6.07, 6.45) is 3.47. The lowest BCUT2D eigenvalue weighted by molar-refractivity contribution is 0.357. The molecule has 3 N–H and O–H groups in total. The molecule has 0 atom stereocenters. The van der Waals surface area contributed by atoms with Crippen molar-refractivity contribution in [1.82, 2.24) is 25.8 Å². The Bertz CT molecular complexity index is 974. The molecule has 0 fully saturated rings. The smallest absolute Gasteiger partial charge is 0.191 e. The van der Waals surface area contributed by atoms with Crippen molar-refractivity contribution in [1.29, 1.82) is 0 Å². The molecule has 0 unspecified atom stereocenters. The molecule has 2 aromatic carbocycles. The highest BCUT2D eigenvalue weighted by Crippen LogP contribution is 2.25. The molecule has 7 nitrogen and oxygen atoms in total. The van der Waals surface area contributed by atoms with Crippen LogP contribution in [0.5, 0.6) is 5.75 Å². The molecule has 0 saturated carbocycles. The Morgan fingerprint density at radius 1 is 1.17 bits per heavy atom. The average molecular weight is 518 g/mol. The van der Waals surface area contributed by atoms with Gasteiger partial charge in [0.25, 0.3) is 0 Å². The highest BCUT2D eigenvalue weighted by molar-refractivity contribution is 14.0. The predicted octanol–water partition coefficient (Wildman–Crippen LogP) is 3.32. The Labute approximate surface area is 193 Å². The number of hydrogen-bond donors (Lipinski definition) is 3. The first-order valence-electron chi connectivity index (χ1n) is 10.0. The largest absolute Gasteiger partial charge is 0.493 e. The second-order valence-electron chi connectivity index (χ2n) is 6.95. The SMILES string of the molecule is CCNC(=NCc1cccc(-c2ncn[nH]2)c1)NCCc1ccc2c(c1)CCO2.I. The Balaban J connectivity index is 0.00000256. The maximum absolute atomic E-state index is 5.58. The Kier molecular flexibility index (Phi) is 8.06. The van der Waals surface area contributed by atoms with Crippen LogP contribution in [0.15, 0.2) is 53.8 Å². The number of nitrogens with one attached hydrogen (secondary N) is 3. The number of benzene rings is 2. The summed E-state index contributed by atoms with van der Waals surface area (Å²) in [4.78, 5) is 8.93. The average Bonchev–Trinajstić information content (AvgIpc) is 3.44. The molecule has 8 heteroatoms. The Hall–Kier alpha value is -2.62. The number of nitrogens with zero attached hydrogens (tertiary/aromatic N) is 3. The minimum absolute atomic E-state index is 0. The zero-order valence-corrected chi connectivity index (χ0v) is 19.3. The van der Waals surface area contributed by atoms with E-state index in [-0.39, 0.29) is 24.0 Å². The van der Waals surface area contributed by atoms with Gasteiger partial charge < -0.3 is 15.4 Å². The molecule has 0 radical (unpaired) electrons. The van der Waals surface area contributed by atoms with Gasteiger partial charge in [0.2, 0.25) is 0 Å². The highest BCUT2D eigenvalue weighted by atomic mass is 127. The van der Waals surface area contributed by atoms with Crippen molar-refractivity contribution in [2.24, 2.45) is 4.99 Å². The third-order valence-electron chi connectivity index (χ3n) is 4.84. The summed E-state index contributed by atoms with van der Waals surface area (Å²) in [7, 11) is 0. The lowest BCUT2D eigenvalue weighted by Crippen LogP contribution is -2.38. The summed E-state index contributed by atoms with van der Waals surface area (Å²) in [6.45, 7) is 5.10. The highest BCUT2D eigenvalue weighted by Gasteiger charge is 2.11. The summed E-state index contributed by atoms with van der Waals surface area (Å²) < 4.78 is 5.58. The minimum Gasteiger partial charge on any atom is -0.493 e. The van der Waals surface area contributed by atoms with Gasteiger partial charge in [0, 0.05) is 25.1 Å². The van der Waals surface area contributed by atoms with Crippen molar-refractivity contribution in [3.05, 3.63) is 65.5 Å². The minimum atomic E-state index is 0. The normalized spacial score (nSPS) is 12.6. The molecule has 4 rings (SSSR count). The third kappa shape index (κ3) is 5.71. The lowest BCUT2D eigenvalue weighted by Gasteiger charge is -2.12. The zero-order chi connectivity index (χ0) is 19.9. The fraction of sp³-hybridized carbons (Fsp3) is 0.318. The van der Waals surface area contributed by atoms with Gasteiger partial charge in [0.05, 0.1) is 13.2 Å². The van der Waals surface area contributed by atoms with Gasteiger partial charge in [-0.05, 0) is 42.2 Å². The summed E-state index contributed by atoms with van der Waals surface area (Å²) in [5.74, 6) is 2.62. The molecule has 1 aromatic heterocycles. The van der Waals surface area contributed by atoms with E-state index in [0.717, 1.165) is 61.2 Å². The van der Waals surface area contributed by atoms with Crippen LogP contribution in [0.4, 0.5) is 0 Å². The molecule has 3 aromatic rings. The predicted molar refractivity (Wildman–Crippen MR) is 129 cm³/mol. The van der Waals surface area contributed by atoms with Crippen molar-refractivity contribution in [3.63, 3.8) is 0 Å². The standard InChI is InChI=1S/C22H26N6O.HI/c1-2-23-22(24-10-8-16-6-7-20-18(12-16)9-11-29-20)25-14-17-4-3-5-19(13-17)21-26-15-27-28-21;/h3-7,12-13,15H,2,8-11,14H2,1H3,(H2,23,24,25)(H,26,27,28);1H. The molecule has 0 spiro atoms. The number of H-pyrrole nitrogens is 1. The number of ether oxygens (including phenoxy) is 1. The second kappa shape index (κ2) is 11.0. The van der Waals surface area contributed by atoms with E-state index < -0.39 is 0 Å². The van der Waals surface area contributed by atoms with Gasteiger partial charge in [-0.1, -0.05) is 30.3 Å². The number of aliphatic imine (C=N–C) groups is 1. The molecule has 0 saturated heterocycles. The molecule has 158 valence electrons. The summed E-state index contributed by atoms with van der Waals surface area (Å²) in [6, 6.07) is 14.7. The molecule has 1 aliphatic rings. The molecule has 0 amide bonds. The van der Waals surface area contributed by atoms with E-state index in [0.29, 0.717) is 6.54 Å². The van der Waals surface area contributed by atoms with E-state index in [9.17, 15) is 0 Å². The van der Waals surface area contributed by atoms with Gasteiger partial charge in [0.15, 0.2) is 11.8 Å². The van der Waals surface area contributed by atoms with Gasteiger partial charge in [-0.2, -0.15) is 5.10 Å². The van der Waals surface area contributed by atoms with Crippen molar-refractivity contribution < 1.29 is 4.74 Å². The van der Waals surface area contributed by atoms with E-state index in [2.05, 4.69) is 63.1 Å². The summed E-state index contributed by atoms with van der Waals surface area (Å²) in [5, 5.41) is 13.6. The van der Waals surface area contributed by atoms with Crippen LogP contribution in [0.25, 0.3) is 11.4 Å². The second-order valence-corrected chi connectivity index (χ2v) is 6.95. The molecular formula is C22H27IN6O. The van der Waals surface area contributed by atoms with E-state index in [1.165, 1.54) is 17.5 Å². The zero-order valence-electron chi connectivity index (χ0n) is 17.0. The molecule has 1 aliphatic heterocycles. The quantitative estimate of drug-likeness (QED) is 0.254. The van der Waals surface area contributed by atoms with Crippen LogP contribution in [0.1, 0.15) is 23.6 Å². The van der Waals surface area contributed by atoms with E-state index in [1.807, 2.05) is 12.1 Å². The molecule has 0 bridgehead atoms. The monoisotopic (exact) mass is 518 g/mol. The van der Waals surface area contributed by atoms with Crippen LogP contribution in [-0.4, -0.2) is 40.8 Å². The first kappa shape index (κ1) is 22.1. The molecule has 0 aliphatic carbocycles. The molecular weight excluding hydrogens is 491 g/mol. The number of guanidine groups is 1. The first-order valence-corrected chi connectivity index (χ1v) is 10.0. The van der Waals surface area contributed by atoms with Gasteiger partial charge >= 0.3 is 0 Å². The number of hydrogen-bond acceptors (Lipinski definition) is 4. The van der Waals surface area contributed by atoms with Gasteiger partial charge in [0.1, 0.15) is 12.1 Å². The number of fused-ring (bicyclic) bond motifs is 1. The topological polar surface area (TPSA) is 87.2 Å². The fourth-order valence-corrected chi connectivity index (χ4v) is 3.39. The van der Waals surface area contributed by atoms with Gasteiger partial charge in [-0.25, -0.2) is 9.98 Å². The lowest BCUT2D eigenvalue weighted by atomic mass is 10.1. The number of halogens is 1. The summed E-state index contributed by atoms with van der Waals surface area (Å²) >= 11 is 0. The number of aromatic nitrogens is 3. The Morgan fingerprint density at radius 2 is 2.10 bits per heavy atom. The van der Waals surface area contributed by atoms with Crippen molar-refractivity contribution in [2.75, 3.05) is 19.7 Å². The van der Waals surface area contributed by atoms with Crippen LogP contribution >= 0.6 is 24.0 Å². The van der Waals surface area contributed by atoms with Crippen molar-refractivity contribution >= 4 is 29.9 Å². The van der Waals surface area contributed by atoms with E-state index in [1.54, 1.807) is 0 Å². The van der Waals surface area contributed by atoms with Crippen LogP contribution in [0, 0.1) is 0 Å². The Morgan fingerprint density at radius 3 is 2.93 bits per heavy atom. The van der Waals surface area contributed by atoms with Gasteiger partial charge in [-0.15, -0.1) is 24.0 Å².